The van der Waals surface area contributed by atoms with Crippen molar-refractivity contribution in [1.29, 1.82) is 0 Å². The lowest BCUT2D eigenvalue weighted by molar-refractivity contribution is 0.102. The molecule has 1 amide bonds. The summed E-state index contributed by atoms with van der Waals surface area (Å²) in [5.74, 6) is -0.304. The first-order chi connectivity index (χ1) is 15.5. The predicted molar refractivity (Wildman–Crippen MR) is 120 cm³/mol. The Bertz CT molecular complexity index is 1270. The number of halogens is 1. The van der Waals surface area contributed by atoms with Gasteiger partial charge in [0.15, 0.2) is 11.6 Å². The second kappa shape index (κ2) is 9.01. The largest absolute Gasteiger partial charge is 0.494 e. The SMILES string of the molecule is CCn1cc2ncc(N[C@@H](C)c3cccc(NC(=O)c4ccc(OC)c(F)c4)c3)nc2n1. The van der Waals surface area contributed by atoms with Crippen molar-refractivity contribution in [3.05, 3.63) is 71.8 Å². The number of aromatic nitrogens is 4. The van der Waals surface area contributed by atoms with Crippen LogP contribution in [-0.2, 0) is 6.54 Å². The van der Waals surface area contributed by atoms with E-state index in [4.69, 9.17) is 4.74 Å². The molecule has 0 saturated carbocycles. The number of hydrogen-bond acceptors (Lipinski definition) is 6. The normalized spacial score (nSPS) is 11.9. The van der Waals surface area contributed by atoms with Crippen molar-refractivity contribution in [2.75, 3.05) is 17.7 Å². The zero-order valence-electron chi connectivity index (χ0n) is 18.0. The Balaban J connectivity index is 1.47. The number of rotatable bonds is 7. The second-order valence-electron chi connectivity index (χ2n) is 7.24. The van der Waals surface area contributed by atoms with Crippen LogP contribution in [0.25, 0.3) is 11.2 Å². The molecule has 164 valence electrons. The van der Waals surface area contributed by atoms with E-state index in [0.29, 0.717) is 17.2 Å². The molecular formula is C23H23FN6O2. The van der Waals surface area contributed by atoms with Crippen molar-refractivity contribution >= 4 is 28.6 Å². The van der Waals surface area contributed by atoms with Gasteiger partial charge in [-0.15, -0.1) is 0 Å². The third-order valence-corrected chi connectivity index (χ3v) is 5.02. The molecule has 32 heavy (non-hydrogen) atoms. The highest BCUT2D eigenvalue weighted by Crippen LogP contribution is 2.23. The van der Waals surface area contributed by atoms with E-state index in [-0.39, 0.29) is 17.4 Å². The van der Waals surface area contributed by atoms with Crippen LogP contribution in [-0.4, -0.2) is 32.8 Å². The molecule has 0 aliphatic rings. The van der Waals surface area contributed by atoms with Gasteiger partial charge in [0.1, 0.15) is 11.3 Å². The molecule has 1 atom stereocenters. The Kier molecular flexibility index (Phi) is 5.98. The van der Waals surface area contributed by atoms with Crippen molar-refractivity contribution in [3.63, 3.8) is 0 Å². The van der Waals surface area contributed by atoms with Gasteiger partial charge in [0, 0.05) is 17.8 Å². The number of nitrogens with zero attached hydrogens (tertiary/aromatic N) is 4. The van der Waals surface area contributed by atoms with Crippen LogP contribution in [0.3, 0.4) is 0 Å². The highest BCUT2D eigenvalue weighted by molar-refractivity contribution is 6.04. The fraction of sp³-hybridized carbons (Fsp3) is 0.217. The minimum absolute atomic E-state index is 0.0891. The summed E-state index contributed by atoms with van der Waals surface area (Å²) in [6.45, 7) is 4.74. The molecule has 4 aromatic rings. The Morgan fingerprint density at radius 1 is 1.25 bits per heavy atom. The molecule has 0 unspecified atom stereocenters. The molecular weight excluding hydrogens is 411 g/mol. The molecule has 0 aliphatic carbocycles. The van der Waals surface area contributed by atoms with Crippen LogP contribution in [0.5, 0.6) is 5.75 Å². The van der Waals surface area contributed by atoms with Gasteiger partial charge in [-0.05, 0) is 49.7 Å². The van der Waals surface area contributed by atoms with Crippen LogP contribution in [0, 0.1) is 5.82 Å². The minimum atomic E-state index is -0.589. The third-order valence-electron chi connectivity index (χ3n) is 5.02. The van der Waals surface area contributed by atoms with E-state index in [2.05, 4.69) is 25.7 Å². The Morgan fingerprint density at radius 3 is 2.84 bits per heavy atom. The number of hydrogen-bond donors (Lipinski definition) is 2. The second-order valence-corrected chi connectivity index (χ2v) is 7.24. The summed E-state index contributed by atoms with van der Waals surface area (Å²) in [7, 11) is 1.38. The summed E-state index contributed by atoms with van der Waals surface area (Å²) in [5.41, 5.74) is 3.06. The standard InChI is InChI=1S/C23H23FN6O2/c1-4-30-13-19-22(29-30)28-21(12-25-19)26-14(2)15-6-5-7-17(10-15)27-23(31)16-8-9-20(32-3)18(24)11-16/h5-14H,4H2,1-3H3,(H,27,31)(H,26,28,29)/t14-/m0/s1. The molecule has 0 bridgehead atoms. The number of nitrogens with one attached hydrogen (secondary N) is 2. The van der Waals surface area contributed by atoms with Crippen molar-refractivity contribution < 1.29 is 13.9 Å². The molecule has 0 aliphatic heterocycles. The molecule has 2 aromatic carbocycles. The molecule has 4 rings (SSSR count). The lowest BCUT2D eigenvalue weighted by Crippen LogP contribution is -2.13. The van der Waals surface area contributed by atoms with Gasteiger partial charge in [-0.2, -0.15) is 5.10 Å². The predicted octanol–water partition coefficient (Wildman–Crippen LogP) is 4.42. The number of carbonyl (C=O) groups excluding carboxylic acids is 1. The van der Waals surface area contributed by atoms with E-state index in [0.717, 1.165) is 23.7 Å². The lowest BCUT2D eigenvalue weighted by atomic mass is 10.1. The lowest BCUT2D eigenvalue weighted by Gasteiger charge is -2.16. The molecule has 2 N–H and O–H groups in total. The van der Waals surface area contributed by atoms with Crippen molar-refractivity contribution in [3.8, 4) is 5.75 Å². The first-order valence-corrected chi connectivity index (χ1v) is 10.2. The minimum Gasteiger partial charge on any atom is -0.494 e. The van der Waals surface area contributed by atoms with E-state index in [1.165, 1.54) is 19.2 Å². The number of fused-ring (bicyclic) bond motifs is 1. The summed E-state index contributed by atoms with van der Waals surface area (Å²) in [6.07, 6.45) is 3.53. The molecule has 0 radical (unpaired) electrons. The average molecular weight is 434 g/mol. The van der Waals surface area contributed by atoms with Gasteiger partial charge >= 0.3 is 0 Å². The zero-order valence-corrected chi connectivity index (χ0v) is 18.0. The molecule has 0 spiro atoms. The maximum atomic E-state index is 13.9. The number of carbonyl (C=O) groups is 1. The fourth-order valence-corrected chi connectivity index (χ4v) is 3.28. The van der Waals surface area contributed by atoms with Crippen molar-refractivity contribution in [1.82, 2.24) is 19.7 Å². The monoisotopic (exact) mass is 434 g/mol. The fourth-order valence-electron chi connectivity index (χ4n) is 3.28. The zero-order chi connectivity index (χ0) is 22.7. The van der Waals surface area contributed by atoms with E-state index < -0.39 is 11.7 Å². The first-order valence-electron chi connectivity index (χ1n) is 10.2. The maximum Gasteiger partial charge on any atom is 0.255 e. The van der Waals surface area contributed by atoms with E-state index in [1.807, 2.05) is 38.2 Å². The summed E-state index contributed by atoms with van der Waals surface area (Å²) in [6, 6.07) is 11.4. The molecule has 2 heterocycles. The summed E-state index contributed by atoms with van der Waals surface area (Å²) < 4.78 is 20.6. The van der Waals surface area contributed by atoms with Gasteiger partial charge in [0.05, 0.1) is 25.5 Å². The summed E-state index contributed by atoms with van der Waals surface area (Å²) >= 11 is 0. The number of methoxy groups -OCH3 is 1. The van der Waals surface area contributed by atoms with Gasteiger partial charge in [-0.3, -0.25) is 9.48 Å². The average Bonchev–Trinajstić information content (AvgIpc) is 3.21. The van der Waals surface area contributed by atoms with Crippen LogP contribution >= 0.6 is 0 Å². The Morgan fingerprint density at radius 2 is 2.09 bits per heavy atom. The van der Waals surface area contributed by atoms with Gasteiger partial charge in [0.25, 0.3) is 5.91 Å². The molecule has 9 heteroatoms. The molecule has 0 fully saturated rings. The quantitative estimate of drug-likeness (QED) is 0.447. The molecule has 2 aromatic heterocycles. The van der Waals surface area contributed by atoms with Gasteiger partial charge in [-0.25, -0.2) is 14.4 Å². The van der Waals surface area contributed by atoms with Crippen LogP contribution < -0.4 is 15.4 Å². The number of benzene rings is 2. The first kappa shape index (κ1) is 21.2. The molecule has 8 nitrogen and oxygen atoms in total. The summed E-state index contributed by atoms with van der Waals surface area (Å²) in [5, 5.41) is 10.5. The van der Waals surface area contributed by atoms with E-state index in [1.54, 1.807) is 16.9 Å². The van der Waals surface area contributed by atoms with Gasteiger partial charge < -0.3 is 15.4 Å². The molecule has 0 saturated heterocycles. The third kappa shape index (κ3) is 4.51. The van der Waals surface area contributed by atoms with Crippen LogP contribution in [0.15, 0.2) is 54.9 Å². The number of amides is 1. The van der Waals surface area contributed by atoms with E-state index in [9.17, 15) is 9.18 Å². The highest BCUT2D eigenvalue weighted by atomic mass is 19.1. The highest BCUT2D eigenvalue weighted by Gasteiger charge is 2.13. The maximum absolute atomic E-state index is 13.9. The number of aryl methyl sites for hydroxylation is 1. The van der Waals surface area contributed by atoms with Crippen LogP contribution in [0.4, 0.5) is 15.9 Å². The topological polar surface area (TPSA) is 94.0 Å². The Hall–Kier alpha value is -4.01. The number of anilines is 2. The van der Waals surface area contributed by atoms with E-state index >= 15 is 0 Å². The van der Waals surface area contributed by atoms with Crippen LogP contribution in [0.1, 0.15) is 35.8 Å². The van der Waals surface area contributed by atoms with Crippen molar-refractivity contribution in [2.24, 2.45) is 0 Å². The van der Waals surface area contributed by atoms with Crippen LogP contribution in [0.2, 0.25) is 0 Å². The Labute approximate surface area is 184 Å². The smallest absolute Gasteiger partial charge is 0.255 e. The summed E-state index contributed by atoms with van der Waals surface area (Å²) in [4.78, 5) is 21.5. The van der Waals surface area contributed by atoms with Crippen molar-refractivity contribution in [2.45, 2.75) is 26.4 Å². The van der Waals surface area contributed by atoms with Gasteiger partial charge in [-0.1, -0.05) is 12.1 Å². The van der Waals surface area contributed by atoms with Gasteiger partial charge in [0.2, 0.25) is 5.65 Å². The number of ether oxygens (including phenoxy) is 1.